The molecule has 0 radical (unpaired) electrons. The van der Waals surface area contributed by atoms with Crippen LogP contribution in [0.1, 0.15) is 35.8 Å². The first-order valence-electron chi connectivity index (χ1n) is 4.71. The van der Waals surface area contributed by atoms with E-state index < -0.39 is 0 Å². The highest BCUT2D eigenvalue weighted by atomic mass is 16.5. The van der Waals surface area contributed by atoms with Gasteiger partial charge in [0.2, 0.25) is 0 Å². The van der Waals surface area contributed by atoms with Gasteiger partial charge < -0.3 is 4.74 Å². The third-order valence-electron chi connectivity index (χ3n) is 1.93. The van der Waals surface area contributed by atoms with Crippen molar-refractivity contribution in [2.24, 2.45) is 0 Å². The van der Waals surface area contributed by atoms with Crippen LogP contribution in [0, 0.1) is 11.3 Å². The topological polar surface area (TPSA) is 63.0 Å². The smallest absolute Gasteiger partial charge is 0.339 e. The summed E-state index contributed by atoms with van der Waals surface area (Å²) in [5.41, 5.74) is 1.07. The fourth-order valence-electron chi connectivity index (χ4n) is 1.06. The fourth-order valence-corrected chi connectivity index (χ4v) is 1.06. The molecule has 4 nitrogen and oxygen atoms in total. The molecule has 0 amide bonds. The van der Waals surface area contributed by atoms with Gasteiger partial charge in [0.1, 0.15) is 0 Å². The van der Waals surface area contributed by atoms with Crippen LogP contribution in [0.25, 0.3) is 0 Å². The van der Waals surface area contributed by atoms with Gasteiger partial charge in [0.15, 0.2) is 0 Å². The van der Waals surface area contributed by atoms with E-state index in [-0.39, 0.29) is 11.9 Å². The maximum atomic E-state index is 11.3. The second-order valence-electron chi connectivity index (χ2n) is 3.04. The van der Waals surface area contributed by atoms with Crippen molar-refractivity contribution in [2.75, 3.05) is 6.61 Å². The van der Waals surface area contributed by atoms with Crippen molar-refractivity contribution in [2.45, 2.75) is 19.8 Å². The van der Waals surface area contributed by atoms with Gasteiger partial charge in [-0.05, 0) is 26.0 Å². The van der Waals surface area contributed by atoms with Gasteiger partial charge in [-0.1, -0.05) is 0 Å². The molecule has 1 aromatic rings. The highest BCUT2D eigenvalue weighted by Crippen LogP contribution is 2.11. The Morgan fingerprint density at radius 3 is 2.87 bits per heavy atom. The predicted octanol–water partition coefficient (Wildman–Crippen LogP) is 1.89. The monoisotopic (exact) mass is 204 g/mol. The lowest BCUT2D eigenvalue weighted by molar-refractivity contribution is 0.0526. The van der Waals surface area contributed by atoms with Crippen LogP contribution >= 0.6 is 0 Å². The molecule has 1 heterocycles. The summed E-state index contributed by atoms with van der Waals surface area (Å²) in [5.74, 6) is -0.651. The molecule has 15 heavy (non-hydrogen) atoms. The molecule has 1 aromatic heterocycles. The van der Waals surface area contributed by atoms with Gasteiger partial charge >= 0.3 is 5.97 Å². The standard InChI is InChI=1S/C11H12N2O2/c1-3-15-11(14)9-4-5-10(13-7-9)8(2)6-12/h4-5,7-8H,3H2,1-2H3. The van der Waals surface area contributed by atoms with Crippen molar-refractivity contribution in [3.05, 3.63) is 29.6 Å². The molecule has 0 aromatic carbocycles. The van der Waals surface area contributed by atoms with Crippen molar-refractivity contribution in [3.8, 4) is 6.07 Å². The zero-order chi connectivity index (χ0) is 11.3. The Bertz CT molecular complexity index is 379. The average molecular weight is 204 g/mol. The second kappa shape index (κ2) is 5.11. The van der Waals surface area contributed by atoms with E-state index in [1.54, 1.807) is 26.0 Å². The Morgan fingerprint density at radius 1 is 1.67 bits per heavy atom. The van der Waals surface area contributed by atoms with E-state index in [0.717, 1.165) is 0 Å². The molecule has 0 N–H and O–H groups in total. The van der Waals surface area contributed by atoms with E-state index >= 15 is 0 Å². The van der Waals surface area contributed by atoms with Crippen molar-refractivity contribution in [3.63, 3.8) is 0 Å². The molecule has 78 valence electrons. The third kappa shape index (κ3) is 2.78. The average Bonchev–Trinajstić information content (AvgIpc) is 2.28. The molecule has 0 bridgehead atoms. The zero-order valence-electron chi connectivity index (χ0n) is 8.73. The summed E-state index contributed by atoms with van der Waals surface area (Å²) in [7, 11) is 0. The Kier molecular flexibility index (Phi) is 3.81. The van der Waals surface area contributed by atoms with E-state index in [9.17, 15) is 4.79 Å². The Labute approximate surface area is 88.5 Å². The number of ether oxygens (including phenoxy) is 1. The van der Waals surface area contributed by atoms with Crippen LogP contribution in [0.5, 0.6) is 0 Å². The van der Waals surface area contributed by atoms with Crippen LogP contribution in [-0.4, -0.2) is 17.6 Å². The minimum atomic E-state index is -0.388. The molecule has 0 saturated carbocycles. The van der Waals surface area contributed by atoms with Crippen molar-refractivity contribution in [1.82, 2.24) is 4.98 Å². The van der Waals surface area contributed by atoms with E-state index in [1.165, 1.54) is 6.20 Å². The van der Waals surface area contributed by atoms with Crippen LogP contribution in [0.2, 0.25) is 0 Å². The minimum absolute atomic E-state index is 0.263. The lowest BCUT2D eigenvalue weighted by atomic mass is 10.1. The predicted molar refractivity (Wildman–Crippen MR) is 54.2 cm³/mol. The largest absolute Gasteiger partial charge is 0.462 e. The Balaban J connectivity index is 2.81. The van der Waals surface area contributed by atoms with Crippen LogP contribution in [0.4, 0.5) is 0 Å². The molecule has 0 aliphatic rings. The van der Waals surface area contributed by atoms with E-state index in [1.807, 2.05) is 0 Å². The summed E-state index contributed by atoms with van der Waals surface area (Å²) in [5, 5.41) is 8.67. The lowest BCUT2D eigenvalue weighted by Gasteiger charge is -2.03. The van der Waals surface area contributed by atoms with Gasteiger partial charge in [0.05, 0.1) is 29.9 Å². The van der Waals surface area contributed by atoms with Crippen molar-refractivity contribution in [1.29, 1.82) is 5.26 Å². The van der Waals surface area contributed by atoms with Crippen LogP contribution < -0.4 is 0 Å². The third-order valence-corrected chi connectivity index (χ3v) is 1.93. The molecule has 1 unspecified atom stereocenters. The Morgan fingerprint density at radius 2 is 2.40 bits per heavy atom. The summed E-state index contributed by atoms with van der Waals surface area (Å²) in [6.07, 6.45) is 1.43. The molecule has 0 saturated heterocycles. The molecule has 0 aliphatic heterocycles. The zero-order valence-corrected chi connectivity index (χ0v) is 8.73. The molecule has 0 spiro atoms. The molecule has 1 rings (SSSR count). The molecule has 0 fully saturated rings. The first kappa shape index (κ1) is 11.2. The van der Waals surface area contributed by atoms with E-state index in [4.69, 9.17) is 10.00 Å². The maximum Gasteiger partial charge on any atom is 0.339 e. The van der Waals surface area contributed by atoms with Gasteiger partial charge in [0.25, 0.3) is 0 Å². The van der Waals surface area contributed by atoms with Crippen molar-refractivity contribution < 1.29 is 9.53 Å². The summed E-state index contributed by atoms with van der Waals surface area (Å²) in [6, 6.07) is 5.36. The van der Waals surface area contributed by atoms with Crippen LogP contribution in [-0.2, 0) is 4.74 Å². The second-order valence-corrected chi connectivity index (χ2v) is 3.04. The fraction of sp³-hybridized carbons (Fsp3) is 0.364. The number of pyridine rings is 1. The van der Waals surface area contributed by atoms with Gasteiger partial charge in [-0.2, -0.15) is 5.26 Å². The number of esters is 1. The molecule has 1 atom stereocenters. The van der Waals surface area contributed by atoms with E-state index in [2.05, 4.69) is 11.1 Å². The lowest BCUT2D eigenvalue weighted by Crippen LogP contribution is -2.06. The Hall–Kier alpha value is -1.89. The number of hydrogen-bond donors (Lipinski definition) is 0. The SMILES string of the molecule is CCOC(=O)c1ccc(C(C)C#N)nc1. The summed E-state index contributed by atoms with van der Waals surface area (Å²) in [6.45, 7) is 3.85. The number of carbonyl (C=O) groups is 1. The maximum absolute atomic E-state index is 11.3. The summed E-state index contributed by atoms with van der Waals surface area (Å²) >= 11 is 0. The molecular formula is C11H12N2O2. The minimum Gasteiger partial charge on any atom is -0.462 e. The number of carbonyl (C=O) groups excluding carboxylic acids is 1. The van der Waals surface area contributed by atoms with Crippen LogP contribution in [0.3, 0.4) is 0 Å². The quantitative estimate of drug-likeness (QED) is 0.705. The van der Waals surface area contributed by atoms with Crippen molar-refractivity contribution >= 4 is 5.97 Å². The molecule has 0 aliphatic carbocycles. The number of nitriles is 1. The highest BCUT2D eigenvalue weighted by Gasteiger charge is 2.09. The summed E-state index contributed by atoms with van der Waals surface area (Å²) < 4.78 is 4.81. The first-order chi connectivity index (χ1) is 7.19. The van der Waals surface area contributed by atoms with Gasteiger partial charge in [-0.3, -0.25) is 4.98 Å². The van der Waals surface area contributed by atoms with Crippen LogP contribution in [0.15, 0.2) is 18.3 Å². The number of nitrogens with zero attached hydrogens (tertiary/aromatic N) is 2. The number of rotatable bonds is 3. The van der Waals surface area contributed by atoms with Gasteiger partial charge in [-0.15, -0.1) is 0 Å². The normalized spacial score (nSPS) is 11.5. The van der Waals surface area contributed by atoms with Gasteiger partial charge in [0, 0.05) is 6.20 Å². The molecule has 4 heteroatoms. The van der Waals surface area contributed by atoms with E-state index in [0.29, 0.717) is 17.9 Å². The molecular weight excluding hydrogens is 192 g/mol. The first-order valence-corrected chi connectivity index (χ1v) is 4.71. The summed E-state index contributed by atoms with van der Waals surface area (Å²) in [4.78, 5) is 15.3. The number of hydrogen-bond acceptors (Lipinski definition) is 4. The number of aromatic nitrogens is 1. The van der Waals surface area contributed by atoms with Gasteiger partial charge in [-0.25, -0.2) is 4.79 Å². The highest BCUT2D eigenvalue weighted by molar-refractivity contribution is 5.88.